The third-order valence-corrected chi connectivity index (χ3v) is 2.42. The first kappa shape index (κ1) is 10.5. The maximum atomic E-state index is 10.8. The van der Waals surface area contributed by atoms with Crippen molar-refractivity contribution < 1.29 is 9.53 Å². The minimum Gasteiger partial charge on any atom is -0.468 e. The van der Waals surface area contributed by atoms with Gasteiger partial charge >= 0.3 is 5.97 Å². The highest BCUT2D eigenvalue weighted by molar-refractivity contribution is 7.99. The molecule has 0 aliphatic heterocycles. The SMILES string of the molecule is COC(=O)CSc1ncccc1C#N. The van der Waals surface area contributed by atoms with Crippen LogP contribution >= 0.6 is 11.8 Å². The number of rotatable bonds is 3. The highest BCUT2D eigenvalue weighted by Gasteiger charge is 2.06. The predicted molar refractivity (Wildman–Crippen MR) is 51.7 cm³/mol. The molecule has 0 amide bonds. The third-order valence-electron chi connectivity index (χ3n) is 1.45. The second-order valence-electron chi connectivity index (χ2n) is 2.33. The summed E-state index contributed by atoms with van der Waals surface area (Å²) in [6.07, 6.45) is 1.58. The standard InChI is InChI=1S/C9H8N2O2S/c1-13-8(12)6-14-9-7(5-10)3-2-4-11-9/h2-4H,6H2,1H3. The quantitative estimate of drug-likeness (QED) is 0.552. The lowest BCUT2D eigenvalue weighted by molar-refractivity contribution is -0.137. The zero-order valence-electron chi connectivity index (χ0n) is 7.56. The van der Waals surface area contributed by atoms with Crippen LogP contribution in [0, 0.1) is 11.3 Å². The second-order valence-corrected chi connectivity index (χ2v) is 3.30. The first-order valence-electron chi connectivity index (χ1n) is 3.82. The number of carbonyl (C=O) groups is 1. The van der Waals surface area contributed by atoms with Gasteiger partial charge in [0.1, 0.15) is 11.1 Å². The van der Waals surface area contributed by atoms with Crippen molar-refractivity contribution in [3.05, 3.63) is 23.9 Å². The summed E-state index contributed by atoms with van der Waals surface area (Å²) in [5.74, 6) is -0.160. The molecule has 1 rings (SSSR count). The van der Waals surface area contributed by atoms with Crippen LogP contribution in [0.1, 0.15) is 5.56 Å². The second kappa shape index (κ2) is 5.25. The van der Waals surface area contributed by atoms with Gasteiger partial charge in [-0.15, -0.1) is 0 Å². The van der Waals surface area contributed by atoms with E-state index in [2.05, 4.69) is 9.72 Å². The fraction of sp³-hybridized carbons (Fsp3) is 0.222. The number of carbonyl (C=O) groups excluding carboxylic acids is 1. The first-order chi connectivity index (χ1) is 6.77. The number of pyridine rings is 1. The Kier molecular flexibility index (Phi) is 3.95. The van der Waals surface area contributed by atoms with Gasteiger partial charge in [0.25, 0.3) is 0 Å². The summed E-state index contributed by atoms with van der Waals surface area (Å²) < 4.78 is 4.47. The molecule has 1 heterocycles. The number of aromatic nitrogens is 1. The Hall–Kier alpha value is -1.54. The molecule has 1 aromatic heterocycles. The molecule has 0 aliphatic carbocycles. The lowest BCUT2D eigenvalue weighted by Crippen LogP contribution is -2.03. The molecule has 0 aromatic carbocycles. The highest BCUT2D eigenvalue weighted by Crippen LogP contribution is 2.18. The smallest absolute Gasteiger partial charge is 0.316 e. The van der Waals surface area contributed by atoms with Gasteiger partial charge < -0.3 is 4.74 Å². The van der Waals surface area contributed by atoms with Crippen LogP contribution in [-0.4, -0.2) is 23.8 Å². The lowest BCUT2D eigenvalue weighted by Gasteiger charge is -2.00. The zero-order chi connectivity index (χ0) is 10.4. The molecule has 0 radical (unpaired) electrons. The zero-order valence-corrected chi connectivity index (χ0v) is 8.37. The summed E-state index contributed by atoms with van der Waals surface area (Å²) in [6.45, 7) is 0. The van der Waals surface area contributed by atoms with E-state index in [4.69, 9.17) is 5.26 Å². The van der Waals surface area contributed by atoms with Gasteiger partial charge in [-0.25, -0.2) is 4.98 Å². The van der Waals surface area contributed by atoms with Gasteiger partial charge in [-0.2, -0.15) is 5.26 Å². The van der Waals surface area contributed by atoms with Crippen molar-refractivity contribution in [1.29, 1.82) is 5.26 Å². The van der Waals surface area contributed by atoms with Crippen molar-refractivity contribution in [2.75, 3.05) is 12.9 Å². The number of hydrogen-bond acceptors (Lipinski definition) is 5. The Morgan fingerprint density at radius 2 is 2.57 bits per heavy atom. The Morgan fingerprint density at radius 1 is 1.79 bits per heavy atom. The van der Waals surface area contributed by atoms with E-state index in [1.165, 1.54) is 18.9 Å². The van der Waals surface area contributed by atoms with Crippen LogP contribution in [0.3, 0.4) is 0 Å². The number of methoxy groups -OCH3 is 1. The van der Waals surface area contributed by atoms with Crippen LogP contribution in [0.2, 0.25) is 0 Å². The van der Waals surface area contributed by atoms with Crippen molar-refractivity contribution in [1.82, 2.24) is 4.98 Å². The van der Waals surface area contributed by atoms with Gasteiger partial charge in [0.15, 0.2) is 0 Å². The lowest BCUT2D eigenvalue weighted by atomic mass is 10.3. The van der Waals surface area contributed by atoms with E-state index in [1.54, 1.807) is 18.3 Å². The maximum absolute atomic E-state index is 10.8. The van der Waals surface area contributed by atoms with Crippen molar-refractivity contribution in [2.45, 2.75) is 5.03 Å². The van der Waals surface area contributed by atoms with E-state index in [0.29, 0.717) is 10.6 Å². The molecular formula is C9H8N2O2S. The molecule has 14 heavy (non-hydrogen) atoms. The van der Waals surface area contributed by atoms with E-state index in [1.807, 2.05) is 6.07 Å². The largest absolute Gasteiger partial charge is 0.468 e. The van der Waals surface area contributed by atoms with E-state index >= 15 is 0 Å². The third kappa shape index (κ3) is 2.75. The van der Waals surface area contributed by atoms with Crippen LogP contribution < -0.4 is 0 Å². The van der Waals surface area contributed by atoms with Crippen molar-refractivity contribution in [2.24, 2.45) is 0 Å². The molecule has 0 fully saturated rings. The van der Waals surface area contributed by atoms with Crippen molar-refractivity contribution in [3.63, 3.8) is 0 Å². The summed E-state index contributed by atoms with van der Waals surface area (Å²) in [5.41, 5.74) is 0.474. The average Bonchev–Trinajstić information content (AvgIpc) is 2.26. The summed E-state index contributed by atoms with van der Waals surface area (Å²) in [4.78, 5) is 14.8. The molecule has 1 aromatic rings. The molecule has 0 bridgehead atoms. The van der Waals surface area contributed by atoms with Crippen LogP contribution in [0.25, 0.3) is 0 Å². The van der Waals surface area contributed by atoms with Gasteiger partial charge in [0, 0.05) is 6.20 Å². The Morgan fingerprint density at radius 3 is 3.21 bits per heavy atom. The predicted octanol–water partition coefficient (Wildman–Crippen LogP) is 1.22. The number of ether oxygens (including phenoxy) is 1. The molecule has 72 valence electrons. The topological polar surface area (TPSA) is 63.0 Å². The Bertz CT molecular complexity index is 373. The first-order valence-corrected chi connectivity index (χ1v) is 4.81. The van der Waals surface area contributed by atoms with E-state index in [0.717, 1.165) is 0 Å². The van der Waals surface area contributed by atoms with Crippen molar-refractivity contribution in [3.8, 4) is 6.07 Å². The van der Waals surface area contributed by atoms with Crippen molar-refractivity contribution >= 4 is 17.7 Å². The van der Waals surface area contributed by atoms with Gasteiger partial charge in [-0.1, -0.05) is 11.8 Å². The number of thioether (sulfide) groups is 1. The number of esters is 1. The highest BCUT2D eigenvalue weighted by atomic mass is 32.2. The molecule has 5 heteroatoms. The molecular weight excluding hydrogens is 200 g/mol. The monoisotopic (exact) mass is 208 g/mol. The van der Waals surface area contributed by atoms with E-state index < -0.39 is 0 Å². The van der Waals surface area contributed by atoms with Crippen LogP contribution in [0.4, 0.5) is 0 Å². The Labute approximate surface area is 85.9 Å². The van der Waals surface area contributed by atoms with Gasteiger partial charge in [0.05, 0.1) is 18.4 Å². The summed E-state index contributed by atoms with van der Waals surface area (Å²) in [7, 11) is 1.33. The number of nitriles is 1. The molecule has 0 atom stereocenters. The molecule has 0 unspecified atom stereocenters. The van der Waals surface area contributed by atoms with E-state index in [9.17, 15) is 4.79 Å². The molecule has 0 saturated heterocycles. The minimum atomic E-state index is -0.329. The summed E-state index contributed by atoms with van der Waals surface area (Å²) >= 11 is 1.20. The fourth-order valence-corrected chi connectivity index (χ4v) is 1.55. The fourth-order valence-electron chi connectivity index (χ4n) is 0.777. The van der Waals surface area contributed by atoms with Crippen LogP contribution in [-0.2, 0) is 9.53 Å². The Balaban J connectivity index is 2.68. The van der Waals surface area contributed by atoms with Gasteiger partial charge in [-0.3, -0.25) is 4.79 Å². The summed E-state index contributed by atoms with van der Waals surface area (Å²) in [6, 6.07) is 5.34. The van der Waals surface area contributed by atoms with Crippen LogP contribution in [0.15, 0.2) is 23.4 Å². The number of hydrogen-bond donors (Lipinski definition) is 0. The molecule has 0 aliphatic rings. The molecule has 0 saturated carbocycles. The molecule has 0 N–H and O–H groups in total. The summed E-state index contributed by atoms with van der Waals surface area (Å²) in [5, 5.41) is 9.28. The average molecular weight is 208 g/mol. The number of nitrogens with zero attached hydrogens (tertiary/aromatic N) is 2. The minimum absolute atomic E-state index is 0.169. The van der Waals surface area contributed by atoms with E-state index in [-0.39, 0.29) is 11.7 Å². The maximum Gasteiger partial charge on any atom is 0.316 e. The molecule has 0 spiro atoms. The molecule has 4 nitrogen and oxygen atoms in total. The van der Waals surface area contributed by atoms with Gasteiger partial charge in [0.2, 0.25) is 0 Å². The normalized spacial score (nSPS) is 9.14. The van der Waals surface area contributed by atoms with Crippen LogP contribution in [0.5, 0.6) is 0 Å². The van der Waals surface area contributed by atoms with Gasteiger partial charge in [-0.05, 0) is 12.1 Å².